The van der Waals surface area contributed by atoms with E-state index in [2.05, 4.69) is 27.7 Å². The highest BCUT2D eigenvalue weighted by atomic mass is 16.3. The molecule has 5 N–H and O–H groups in total. The van der Waals surface area contributed by atoms with Crippen molar-refractivity contribution >= 4 is 0 Å². The second-order valence-electron chi connectivity index (χ2n) is 23.7. The van der Waals surface area contributed by atoms with Crippen molar-refractivity contribution in [3.05, 3.63) is 323 Å². The number of hydrogen-bond donors (Lipinski definition) is 5. The maximum absolute atomic E-state index is 12.8. The second kappa shape index (κ2) is 24.0. The smallest absolute Gasteiger partial charge is 0.118 e. The molecule has 0 bridgehead atoms. The largest absolute Gasteiger partial charge is 0.389 e. The Morgan fingerprint density at radius 1 is 0.278 bits per heavy atom. The summed E-state index contributed by atoms with van der Waals surface area (Å²) in [6.45, 7) is 10.8. The van der Waals surface area contributed by atoms with E-state index in [9.17, 15) is 20.4 Å². The predicted molar refractivity (Wildman–Crippen MR) is 321 cm³/mol. The number of rotatable bonds is 13. The molecule has 11 rings (SSSR count). The van der Waals surface area contributed by atoms with Crippen LogP contribution in [0, 0.1) is 34.5 Å². The maximum Gasteiger partial charge on any atom is 0.118 e. The van der Waals surface area contributed by atoms with Crippen LogP contribution in [0.15, 0.2) is 273 Å². The topological polar surface area (TPSA) is 101 Å². The highest BCUT2D eigenvalue weighted by molar-refractivity contribution is 5.45. The zero-order valence-corrected chi connectivity index (χ0v) is 46.4. The van der Waals surface area contributed by atoms with Crippen LogP contribution in [0.4, 0.5) is 0 Å². The van der Waals surface area contributed by atoms with Gasteiger partial charge in [0, 0.05) is 23.7 Å². The standard InChI is InChI=1S/2C33H34O2.C8H10O/c2*1-31(2)23-29(32(34,25-15-7-3-8-16-25)26-17-9-4-10-18-26)30(24-31)33(35,27-19-11-5-12-20-27)28-21-13-6-14-22-28;1-7(9)8-5-3-2-4-6-8/h2*3-22,29-30,34-35H,23-24H2,1-2H3;2-7,9H,1H3/t2*29-,30-;7-/m110/s1. The molecule has 79 heavy (non-hydrogen) atoms. The van der Waals surface area contributed by atoms with Gasteiger partial charge in [0.2, 0.25) is 0 Å². The van der Waals surface area contributed by atoms with E-state index >= 15 is 0 Å². The number of benzene rings is 9. The van der Waals surface area contributed by atoms with Gasteiger partial charge >= 0.3 is 0 Å². The summed E-state index contributed by atoms with van der Waals surface area (Å²) in [5.74, 6) is -0.860. The monoisotopic (exact) mass is 1050 g/mol. The molecule has 0 unspecified atom stereocenters. The molecule has 0 radical (unpaired) electrons. The lowest BCUT2D eigenvalue weighted by Crippen LogP contribution is -2.47. The van der Waals surface area contributed by atoms with E-state index in [4.69, 9.17) is 5.11 Å². The number of aliphatic hydroxyl groups is 5. The Bertz CT molecular complexity index is 2690. The van der Waals surface area contributed by atoms with Gasteiger partial charge in [0.1, 0.15) is 22.4 Å². The molecule has 0 amide bonds. The van der Waals surface area contributed by atoms with Gasteiger partial charge in [-0.2, -0.15) is 0 Å². The van der Waals surface area contributed by atoms with Crippen LogP contribution in [-0.4, -0.2) is 25.5 Å². The summed E-state index contributed by atoms with van der Waals surface area (Å²) >= 11 is 0. The van der Waals surface area contributed by atoms with Crippen LogP contribution in [0.25, 0.3) is 0 Å². The van der Waals surface area contributed by atoms with Gasteiger partial charge < -0.3 is 25.5 Å². The third kappa shape index (κ3) is 11.8. The molecule has 404 valence electrons. The van der Waals surface area contributed by atoms with E-state index in [1.165, 1.54) is 0 Å². The van der Waals surface area contributed by atoms with Crippen molar-refractivity contribution in [1.82, 2.24) is 0 Å². The average Bonchev–Trinajstić information content (AvgIpc) is 4.10. The zero-order chi connectivity index (χ0) is 55.7. The maximum atomic E-state index is 12.8. The summed E-state index contributed by atoms with van der Waals surface area (Å²) in [6.07, 6.45) is 2.82. The third-order valence-electron chi connectivity index (χ3n) is 17.2. The van der Waals surface area contributed by atoms with Gasteiger partial charge in [0.15, 0.2) is 0 Å². The lowest BCUT2D eigenvalue weighted by molar-refractivity contribution is -0.0697. The molecule has 5 heteroatoms. The van der Waals surface area contributed by atoms with Crippen molar-refractivity contribution in [1.29, 1.82) is 0 Å². The molecular formula is C74H78O5. The molecule has 5 atom stereocenters. The molecule has 2 aliphatic carbocycles. The summed E-state index contributed by atoms with van der Waals surface area (Å²) in [5.41, 5.74) is 2.77. The van der Waals surface area contributed by atoms with Crippen molar-refractivity contribution in [3.63, 3.8) is 0 Å². The van der Waals surface area contributed by atoms with Crippen molar-refractivity contribution in [2.75, 3.05) is 0 Å². The Morgan fingerprint density at radius 2 is 0.418 bits per heavy atom. The van der Waals surface area contributed by atoms with Crippen LogP contribution < -0.4 is 0 Å². The van der Waals surface area contributed by atoms with Crippen LogP contribution in [-0.2, 0) is 22.4 Å². The third-order valence-corrected chi connectivity index (χ3v) is 17.2. The van der Waals surface area contributed by atoms with E-state index < -0.39 is 22.4 Å². The summed E-state index contributed by atoms with van der Waals surface area (Å²) in [5, 5.41) is 60.2. The Kier molecular flexibility index (Phi) is 17.2. The van der Waals surface area contributed by atoms with E-state index in [0.29, 0.717) is 0 Å². The van der Waals surface area contributed by atoms with Crippen molar-refractivity contribution in [3.8, 4) is 0 Å². The molecule has 2 fully saturated rings. The zero-order valence-electron chi connectivity index (χ0n) is 46.4. The molecular weight excluding hydrogens is 969 g/mol. The molecule has 5 nitrogen and oxygen atoms in total. The van der Waals surface area contributed by atoms with E-state index in [1.807, 2.05) is 273 Å². The van der Waals surface area contributed by atoms with Crippen molar-refractivity contribution < 1.29 is 25.5 Å². The molecule has 0 heterocycles. The first-order chi connectivity index (χ1) is 38.0. The summed E-state index contributed by atoms with van der Waals surface area (Å²) < 4.78 is 0. The van der Waals surface area contributed by atoms with E-state index in [-0.39, 0.29) is 40.6 Å². The van der Waals surface area contributed by atoms with Crippen LogP contribution >= 0.6 is 0 Å². The van der Waals surface area contributed by atoms with Gasteiger partial charge in [-0.1, -0.05) is 301 Å². The van der Waals surface area contributed by atoms with Gasteiger partial charge in [-0.05, 0) is 93.5 Å². The predicted octanol–water partition coefficient (Wildman–Crippen LogP) is 15.6. The lowest BCUT2D eigenvalue weighted by atomic mass is 9.64. The highest BCUT2D eigenvalue weighted by Gasteiger charge is 2.60. The van der Waals surface area contributed by atoms with Crippen molar-refractivity contribution in [2.45, 2.75) is 88.8 Å². The second-order valence-corrected chi connectivity index (χ2v) is 23.7. The fraction of sp³-hybridized carbons (Fsp3) is 0.270. The minimum Gasteiger partial charge on any atom is -0.389 e. The quantitative estimate of drug-likeness (QED) is 0.0792. The SMILES string of the molecule is CC1(C)C[C@@H](C(O)(c2ccccc2)c2ccccc2)[C@H](C(O)(c2ccccc2)c2ccccc2)C1.CC1(C)C[C@@H](C(O)(c2ccccc2)c2ccccc2)[C@H](C(O)(c2ccccc2)c2ccccc2)C1.C[C@H](O)c1ccccc1. The average molecular weight is 1050 g/mol. The van der Waals surface area contributed by atoms with E-state index in [1.54, 1.807) is 6.92 Å². The number of hydrogen-bond acceptors (Lipinski definition) is 5. The van der Waals surface area contributed by atoms with Gasteiger partial charge in [-0.25, -0.2) is 0 Å². The molecule has 0 aliphatic heterocycles. The molecule has 9 aromatic carbocycles. The van der Waals surface area contributed by atoms with Crippen LogP contribution in [0.5, 0.6) is 0 Å². The van der Waals surface area contributed by atoms with Gasteiger partial charge in [-0.15, -0.1) is 0 Å². The van der Waals surface area contributed by atoms with Crippen LogP contribution in [0.1, 0.15) is 116 Å². The minimum absolute atomic E-state index is 0.0512. The summed E-state index contributed by atoms with van der Waals surface area (Å²) in [7, 11) is 0. The Labute approximate surface area is 469 Å². The van der Waals surface area contributed by atoms with Crippen LogP contribution in [0.2, 0.25) is 0 Å². The van der Waals surface area contributed by atoms with Gasteiger partial charge in [-0.3, -0.25) is 0 Å². The molecule has 0 aromatic heterocycles. The number of aliphatic hydroxyl groups excluding tert-OH is 1. The highest BCUT2D eigenvalue weighted by Crippen LogP contribution is 2.62. The Balaban J connectivity index is 0.000000165. The summed E-state index contributed by atoms with van der Waals surface area (Å²) in [4.78, 5) is 0. The molecule has 0 spiro atoms. The molecule has 9 aromatic rings. The van der Waals surface area contributed by atoms with Gasteiger partial charge in [0.25, 0.3) is 0 Å². The molecule has 2 aliphatic rings. The lowest BCUT2D eigenvalue weighted by Gasteiger charge is -2.45. The van der Waals surface area contributed by atoms with Crippen LogP contribution in [0.3, 0.4) is 0 Å². The minimum atomic E-state index is -1.25. The fourth-order valence-electron chi connectivity index (χ4n) is 13.5. The van der Waals surface area contributed by atoms with Crippen molar-refractivity contribution in [2.24, 2.45) is 34.5 Å². The first kappa shape index (κ1) is 56.5. The first-order valence-corrected chi connectivity index (χ1v) is 28.1. The molecule has 2 saturated carbocycles. The van der Waals surface area contributed by atoms with E-state index in [0.717, 1.165) is 75.8 Å². The fourth-order valence-corrected chi connectivity index (χ4v) is 13.5. The first-order valence-electron chi connectivity index (χ1n) is 28.1. The normalized spacial score (nSPS) is 19.2. The summed E-state index contributed by atoms with van der Waals surface area (Å²) in [6, 6.07) is 89.4. The van der Waals surface area contributed by atoms with Gasteiger partial charge in [0.05, 0.1) is 6.10 Å². The molecule has 0 saturated heterocycles. The Hall–Kier alpha value is -7.22. The Morgan fingerprint density at radius 3 is 0.544 bits per heavy atom.